The molecule has 0 aliphatic heterocycles. The van der Waals surface area contributed by atoms with Crippen LogP contribution in [0.3, 0.4) is 0 Å². The van der Waals surface area contributed by atoms with E-state index in [0.29, 0.717) is 0 Å². The molecule has 1 aromatic rings. The van der Waals surface area contributed by atoms with E-state index in [1.807, 2.05) is 0 Å². The topological polar surface area (TPSA) is 72.3 Å². The molecular weight excluding hydrogens is 256 g/mol. The van der Waals surface area contributed by atoms with Crippen LogP contribution in [0.4, 0.5) is 0 Å². The van der Waals surface area contributed by atoms with Crippen molar-refractivity contribution < 1.29 is 14.6 Å². The van der Waals surface area contributed by atoms with Gasteiger partial charge in [0.1, 0.15) is 5.60 Å². The Balaban J connectivity index is 1.64. The van der Waals surface area contributed by atoms with E-state index in [-0.39, 0.29) is 17.2 Å². The second kappa shape index (κ2) is 4.17. The number of carboxylic acids is 1. The van der Waals surface area contributed by atoms with Gasteiger partial charge in [0.2, 0.25) is 11.6 Å². The highest BCUT2D eigenvalue weighted by Gasteiger charge is 2.53. The van der Waals surface area contributed by atoms with Crippen molar-refractivity contribution in [1.29, 1.82) is 0 Å². The van der Waals surface area contributed by atoms with Crippen molar-refractivity contribution in [1.82, 2.24) is 9.97 Å². The highest BCUT2D eigenvalue weighted by Crippen LogP contribution is 2.56. The maximum atomic E-state index is 11.2. The van der Waals surface area contributed by atoms with Crippen LogP contribution in [-0.2, 0) is 0 Å². The smallest absolute Gasteiger partial charge is 0.360 e. The van der Waals surface area contributed by atoms with Crippen molar-refractivity contribution in [3.63, 3.8) is 0 Å². The van der Waals surface area contributed by atoms with E-state index in [0.717, 1.165) is 37.0 Å². The van der Waals surface area contributed by atoms with E-state index in [2.05, 4.69) is 9.97 Å². The van der Waals surface area contributed by atoms with Gasteiger partial charge < -0.3 is 9.84 Å². The molecule has 5 rings (SSSR count). The summed E-state index contributed by atoms with van der Waals surface area (Å²) in [6, 6.07) is 0. The molecule has 5 nitrogen and oxygen atoms in total. The highest BCUT2D eigenvalue weighted by atomic mass is 16.5. The van der Waals surface area contributed by atoms with Crippen LogP contribution in [0.15, 0.2) is 12.4 Å². The summed E-state index contributed by atoms with van der Waals surface area (Å²) in [7, 11) is 0. The van der Waals surface area contributed by atoms with Crippen molar-refractivity contribution >= 4 is 5.97 Å². The third-order valence-electron chi connectivity index (χ3n) is 5.16. The molecule has 4 fully saturated rings. The van der Waals surface area contributed by atoms with E-state index in [1.165, 1.54) is 31.7 Å². The van der Waals surface area contributed by atoms with Crippen LogP contribution in [0.25, 0.3) is 0 Å². The number of carboxylic acid groups (broad SMARTS) is 1. The lowest BCUT2D eigenvalue weighted by Crippen LogP contribution is -2.54. The summed E-state index contributed by atoms with van der Waals surface area (Å²) in [4.78, 5) is 19.2. The zero-order valence-electron chi connectivity index (χ0n) is 11.3. The molecule has 1 N–H and O–H groups in total. The first-order chi connectivity index (χ1) is 9.63. The average Bonchev–Trinajstić information content (AvgIpc) is 2.36. The van der Waals surface area contributed by atoms with Gasteiger partial charge in [-0.05, 0) is 56.3 Å². The summed E-state index contributed by atoms with van der Waals surface area (Å²) in [5.41, 5.74) is -0.252. The van der Waals surface area contributed by atoms with Gasteiger partial charge in [-0.2, -0.15) is 0 Å². The van der Waals surface area contributed by atoms with Gasteiger partial charge in [-0.1, -0.05) is 0 Å². The Bertz CT molecular complexity index is 523. The van der Waals surface area contributed by atoms with Gasteiger partial charge in [-0.3, -0.25) is 0 Å². The van der Waals surface area contributed by atoms with Crippen LogP contribution in [0.5, 0.6) is 5.88 Å². The molecule has 106 valence electrons. The normalized spacial score (nSPS) is 37.9. The standard InChI is InChI=1S/C15H18N2O3/c18-14(19)12-13(17-2-1-16-12)20-15-6-9-3-10(7-15)5-11(4-9)8-15/h1-2,9-11H,3-8H2,(H,18,19). The van der Waals surface area contributed by atoms with Crippen molar-refractivity contribution in [3.8, 4) is 5.88 Å². The Morgan fingerprint density at radius 2 is 1.65 bits per heavy atom. The summed E-state index contributed by atoms with van der Waals surface area (Å²) >= 11 is 0. The number of rotatable bonds is 3. The number of carbonyl (C=O) groups is 1. The van der Waals surface area contributed by atoms with Gasteiger partial charge in [0.05, 0.1) is 0 Å². The SMILES string of the molecule is O=C(O)c1nccnc1OC12CC3CC(CC(C3)C1)C2. The molecule has 1 heterocycles. The predicted octanol–water partition coefficient (Wildman–Crippen LogP) is 2.52. The molecule has 0 saturated heterocycles. The quantitative estimate of drug-likeness (QED) is 0.917. The van der Waals surface area contributed by atoms with Crippen molar-refractivity contribution in [3.05, 3.63) is 18.1 Å². The fourth-order valence-electron chi connectivity index (χ4n) is 4.91. The van der Waals surface area contributed by atoms with Crippen molar-refractivity contribution in [2.24, 2.45) is 17.8 Å². The van der Waals surface area contributed by atoms with Crippen LogP contribution in [0, 0.1) is 17.8 Å². The van der Waals surface area contributed by atoms with Crippen LogP contribution < -0.4 is 4.74 Å². The predicted molar refractivity (Wildman–Crippen MR) is 70.5 cm³/mol. The number of hydrogen-bond acceptors (Lipinski definition) is 4. The molecule has 0 spiro atoms. The maximum Gasteiger partial charge on any atom is 0.360 e. The van der Waals surface area contributed by atoms with Gasteiger partial charge in [-0.25, -0.2) is 14.8 Å². The first kappa shape index (κ1) is 12.1. The molecule has 0 unspecified atom stereocenters. The summed E-state index contributed by atoms with van der Waals surface area (Å²) in [5, 5.41) is 9.20. The highest BCUT2D eigenvalue weighted by molar-refractivity contribution is 5.87. The van der Waals surface area contributed by atoms with Crippen molar-refractivity contribution in [2.75, 3.05) is 0 Å². The van der Waals surface area contributed by atoms with Crippen LogP contribution >= 0.6 is 0 Å². The van der Waals surface area contributed by atoms with E-state index in [9.17, 15) is 9.90 Å². The fraction of sp³-hybridized carbons (Fsp3) is 0.667. The van der Waals surface area contributed by atoms with Gasteiger partial charge in [0, 0.05) is 12.4 Å². The van der Waals surface area contributed by atoms with Crippen LogP contribution in [0.2, 0.25) is 0 Å². The number of ether oxygens (including phenoxy) is 1. The minimum absolute atomic E-state index is 0.0664. The fourth-order valence-corrected chi connectivity index (χ4v) is 4.91. The summed E-state index contributed by atoms with van der Waals surface area (Å²) < 4.78 is 6.15. The first-order valence-electron chi connectivity index (χ1n) is 7.37. The van der Waals surface area contributed by atoms with Gasteiger partial charge in [0.25, 0.3) is 0 Å². The molecule has 4 aliphatic carbocycles. The lowest BCUT2D eigenvalue weighted by Gasteiger charge is -2.55. The molecule has 0 radical (unpaired) electrons. The summed E-state index contributed by atoms with van der Waals surface area (Å²) in [5.74, 6) is 1.39. The van der Waals surface area contributed by atoms with E-state index < -0.39 is 5.97 Å². The lowest BCUT2D eigenvalue weighted by atomic mass is 9.54. The molecule has 4 saturated carbocycles. The number of aromatic carboxylic acids is 1. The summed E-state index contributed by atoms with van der Waals surface area (Å²) in [6.45, 7) is 0. The Labute approximate surface area is 117 Å². The minimum atomic E-state index is -1.07. The maximum absolute atomic E-state index is 11.2. The molecule has 20 heavy (non-hydrogen) atoms. The largest absolute Gasteiger partial charge is 0.476 e. The monoisotopic (exact) mass is 274 g/mol. The first-order valence-corrected chi connectivity index (χ1v) is 7.37. The minimum Gasteiger partial charge on any atom is -0.476 e. The van der Waals surface area contributed by atoms with Crippen LogP contribution in [-0.4, -0.2) is 26.6 Å². The third-order valence-corrected chi connectivity index (χ3v) is 5.16. The zero-order chi connectivity index (χ0) is 13.7. The molecule has 1 aromatic heterocycles. The number of hydrogen-bond donors (Lipinski definition) is 1. The molecule has 4 bridgehead atoms. The molecular formula is C15H18N2O3. The van der Waals surface area contributed by atoms with Crippen molar-refractivity contribution in [2.45, 2.75) is 44.1 Å². The lowest BCUT2D eigenvalue weighted by molar-refractivity contribution is -0.109. The Kier molecular flexibility index (Phi) is 2.53. The van der Waals surface area contributed by atoms with Gasteiger partial charge in [0.15, 0.2) is 0 Å². The number of aromatic nitrogens is 2. The number of nitrogens with zero attached hydrogens (tertiary/aromatic N) is 2. The zero-order valence-corrected chi connectivity index (χ0v) is 11.3. The second-order valence-corrected chi connectivity index (χ2v) is 6.72. The second-order valence-electron chi connectivity index (χ2n) is 6.72. The van der Waals surface area contributed by atoms with Gasteiger partial charge >= 0.3 is 5.97 Å². The van der Waals surface area contributed by atoms with Crippen LogP contribution in [0.1, 0.15) is 49.0 Å². The Morgan fingerprint density at radius 3 is 2.20 bits per heavy atom. The van der Waals surface area contributed by atoms with Gasteiger partial charge in [-0.15, -0.1) is 0 Å². The molecule has 0 aromatic carbocycles. The molecule has 4 aliphatic rings. The van der Waals surface area contributed by atoms with E-state index in [1.54, 1.807) is 0 Å². The molecule has 0 amide bonds. The van der Waals surface area contributed by atoms with E-state index in [4.69, 9.17) is 4.74 Å². The molecule has 0 atom stereocenters. The average molecular weight is 274 g/mol. The Hall–Kier alpha value is -1.65. The molecule has 5 heteroatoms. The summed E-state index contributed by atoms with van der Waals surface area (Å²) in [6.07, 6.45) is 10.0. The van der Waals surface area contributed by atoms with E-state index >= 15 is 0 Å². The Morgan fingerprint density at radius 1 is 1.10 bits per heavy atom. The third kappa shape index (κ3) is 1.87.